The van der Waals surface area contributed by atoms with Crippen molar-refractivity contribution in [3.8, 4) is 0 Å². The number of aliphatic hydroxyl groups excluding tert-OH is 3. The Labute approximate surface area is 68.9 Å². The first-order valence-electron chi connectivity index (χ1n) is 3.59. The first-order valence-corrected chi connectivity index (χ1v) is 3.59. The number of carbonyl (C=O) groups is 1. The molecule has 0 radical (unpaired) electrons. The molecule has 0 spiro atoms. The average Bonchev–Trinajstić information content (AvgIpc) is 2.32. The highest BCUT2D eigenvalue weighted by atomic mass is 16.6. The van der Waals surface area contributed by atoms with E-state index in [1.165, 1.54) is 0 Å². The van der Waals surface area contributed by atoms with E-state index in [9.17, 15) is 9.90 Å². The average molecular weight is 174 g/mol. The standard InChI is InChI=1S/C7H10O5/c1-2-3(8)6-4(9)5(10)7(11)12-6/h3,6,8-10H,2H2,1H3/t3-,6+/m0/s1. The summed E-state index contributed by atoms with van der Waals surface area (Å²) in [5.41, 5.74) is 0. The van der Waals surface area contributed by atoms with Gasteiger partial charge in [0, 0.05) is 0 Å². The number of hydrogen-bond donors (Lipinski definition) is 3. The van der Waals surface area contributed by atoms with E-state index in [-0.39, 0.29) is 0 Å². The third-order valence-electron chi connectivity index (χ3n) is 1.71. The zero-order chi connectivity index (χ0) is 9.30. The minimum Gasteiger partial charge on any atom is -0.505 e. The van der Waals surface area contributed by atoms with Gasteiger partial charge in [-0.3, -0.25) is 0 Å². The smallest absolute Gasteiger partial charge is 0.377 e. The third kappa shape index (κ3) is 1.23. The summed E-state index contributed by atoms with van der Waals surface area (Å²) in [7, 11) is 0. The second-order valence-corrected chi connectivity index (χ2v) is 2.54. The van der Waals surface area contributed by atoms with Crippen LogP contribution in [0.1, 0.15) is 13.3 Å². The van der Waals surface area contributed by atoms with E-state index in [1.807, 2.05) is 0 Å². The molecule has 1 aliphatic rings. The van der Waals surface area contributed by atoms with E-state index in [1.54, 1.807) is 6.92 Å². The van der Waals surface area contributed by atoms with Crippen LogP contribution in [0, 0.1) is 0 Å². The Morgan fingerprint density at radius 2 is 2.17 bits per heavy atom. The van der Waals surface area contributed by atoms with Crippen molar-refractivity contribution in [3.63, 3.8) is 0 Å². The van der Waals surface area contributed by atoms with Crippen molar-refractivity contribution < 1.29 is 24.9 Å². The van der Waals surface area contributed by atoms with Gasteiger partial charge in [-0.1, -0.05) is 6.92 Å². The van der Waals surface area contributed by atoms with Crippen molar-refractivity contribution in [3.05, 3.63) is 11.5 Å². The molecule has 0 fully saturated rings. The van der Waals surface area contributed by atoms with E-state index in [0.717, 1.165) is 0 Å². The quantitative estimate of drug-likeness (QED) is 0.513. The predicted octanol–water partition coefficient (Wildman–Crippen LogP) is 0.0103. The number of aliphatic hydroxyl groups is 3. The van der Waals surface area contributed by atoms with Crippen LogP contribution in [0.3, 0.4) is 0 Å². The Morgan fingerprint density at radius 1 is 1.58 bits per heavy atom. The molecule has 2 atom stereocenters. The van der Waals surface area contributed by atoms with Gasteiger partial charge in [-0.15, -0.1) is 0 Å². The van der Waals surface area contributed by atoms with Gasteiger partial charge >= 0.3 is 5.97 Å². The fraction of sp³-hybridized carbons (Fsp3) is 0.571. The van der Waals surface area contributed by atoms with Gasteiger partial charge in [0.15, 0.2) is 11.9 Å². The molecule has 1 heterocycles. The highest BCUT2D eigenvalue weighted by molar-refractivity contribution is 5.89. The number of cyclic esters (lactones) is 1. The highest BCUT2D eigenvalue weighted by Gasteiger charge is 2.38. The lowest BCUT2D eigenvalue weighted by atomic mass is 10.1. The van der Waals surface area contributed by atoms with Crippen LogP contribution in [-0.4, -0.2) is 33.5 Å². The van der Waals surface area contributed by atoms with Crippen LogP contribution in [0.15, 0.2) is 11.5 Å². The molecule has 0 bridgehead atoms. The van der Waals surface area contributed by atoms with Crippen LogP contribution in [0.2, 0.25) is 0 Å². The number of hydrogen-bond acceptors (Lipinski definition) is 5. The summed E-state index contributed by atoms with van der Waals surface area (Å²) in [5.74, 6) is -2.40. The molecule has 1 rings (SSSR count). The first kappa shape index (κ1) is 8.86. The summed E-state index contributed by atoms with van der Waals surface area (Å²) in [6.07, 6.45) is -1.75. The Hall–Kier alpha value is -1.23. The van der Waals surface area contributed by atoms with Gasteiger partial charge in [0.1, 0.15) is 0 Å². The molecule has 0 aliphatic carbocycles. The maximum atomic E-state index is 10.6. The normalized spacial score (nSPS) is 25.8. The van der Waals surface area contributed by atoms with Gasteiger partial charge in [0.05, 0.1) is 6.10 Å². The lowest BCUT2D eigenvalue weighted by molar-refractivity contribution is -0.146. The molecule has 0 saturated heterocycles. The minimum atomic E-state index is -1.11. The van der Waals surface area contributed by atoms with Gasteiger partial charge in [-0.25, -0.2) is 4.79 Å². The van der Waals surface area contributed by atoms with E-state index in [0.29, 0.717) is 6.42 Å². The van der Waals surface area contributed by atoms with Gasteiger partial charge in [0.25, 0.3) is 0 Å². The maximum Gasteiger partial charge on any atom is 0.377 e. The SMILES string of the molecule is CC[C@H](O)[C@H]1OC(=O)C(O)=C1O. The Balaban J connectivity index is 2.80. The summed E-state index contributed by atoms with van der Waals surface area (Å²) >= 11 is 0. The molecule has 68 valence electrons. The molecular weight excluding hydrogens is 164 g/mol. The lowest BCUT2D eigenvalue weighted by Crippen LogP contribution is -2.27. The van der Waals surface area contributed by atoms with Crippen LogP contribution < -0.4 is 0 Å². The Kier molecular flexibility index (Phi) is 2.23. The fourth-order valence-corrected chi connectivity index (χ4v) is 0.941. The Morgan fingerprint density at radius 3 is 2.50 bits per heavy atom. The second-order valence-electron chi connectivity index (χ2n) is 2.54. The molecule has 5 heteroatoms. The topological polar surface area (TPSA) is 87.0 Å². The predicted molar refractivity (Wildman–Crippen MR) is 38.5 cm³/mol. The van der Waals surface area contributed by atoms with Crippen molar-refractivity contribution in [2.45, 2.75) is 25.6 Å². The fourth-order valence-electron chi connectivity index (χ4n) is 0.941. The molecule has 0 aromatic heterocycles. The molecule has 12 heavy (non-hydrogen) atoms. The van der Waals surface area contributed by atoms with Gasteiger partial charge in [-0.2, -0.15) is 0 Å². The molecule has 1 aliphatic heterocycles. The van der Waals surface area contributed by atoms with Gasteiger partial charge in [-0.05, 0) is 6.42 Å². The van der Waals surface area contributed by atoms with Crippen molar-refractivity contribution in [2.75, 3.05) is 0 Å². The van der Waals surface area contributed by atoms with Crippen LogP contribution in [-0.2, 0) is 9.53 Å². The first-order chi connectivity index (χ1) is 5.57. The number of esters is 1. The van der Waals surface area contributed by atoms with E-state index in [2.05, 4.69) is 4.74 Å². The van der Waals surface area contributed by atoms with Crippen molar-refractivity contribution in [1.29, 1.82) is 0 Å². The monoisotopic (exact) mass is 174 g/mol. The number of carbonyl (C=O) groups excluding carboxylic acids is 1. The second kappa shape index (κ2) is 3.02. The highest BCUT2D eigenvalue weighted by Crippen LogP contribution is 2.22. The molecule has 5 nitrogen and oxygen atoms in total. The summed E-state index contributed by atoms with van der Waals surface area (Å²) in [4.78, 5) is 10.6. The summed E-state index contributed by atoms with van der Waals surface area (Å²) in [5, 5.41) is 27.1. The van der Waals surface area contributed by atoms with Gasteiger partial charge in [0.2, 0.25) is 5.76 Å². The van der Waals surface area contributed by atoms with Crippen LogP contribution in [0.5, 0.6) is 0 Å². The number of rotatable bonds is 2. The summed E-state index contributed by atoms with van der Waals surface area (Å²) in [6.45, 7) is 1.67. The third-order valence-corrected chi connectivity index (χ3v) is 1.71. The van der Waals surface area contributed by atoms with E-state index < -0.39 is 29.7 Å². The summed E-state index contributed by atoms with van der Waals surface area (Å²) in [6, 6.07) is 0. The molecule has 0 unspecified atom stereocenters. The molecule has 0 amide bonds. The molecule has 3 N–H and O–H groups in total. The van der Waals surface area contributed by atoms with Crippen molar-refractivity contribution in [2.24, 2.45) is 0 Å². The molecule has 0 aromatic carbocycles. The molecular formula is C7H10O5. The number of ether oxygens (including phenoxy) is 1. The summed E-state index contributed by atoms with van der Waals surface area (Å²) < 4.78 is 4.48. The van der Waals surface area contributed by atoms with E-state index >= 15 is 0 Å². The zero-order valence-corrected chi connectivity index (χ0v) is 6.52. The molecule has 0 aromatic rings. The minimum absolute atomic E-state index is 0.329. The van der Waals surface area contributed by atoms with Crippen molar-refractivity contribution >= 4 is 5.97 Å². The molecule has 0 saturated carbocycles. The lowest BCUT2D eigenvalue weighted by Gasteiger charge is -2.14. The van der Waals surface area contributed by atoms with Gasteiger partial charge < -0.3 is 20.1 Å². The van der Waals surface area contributed by atoms with Crippen molar-refractivity contribution in [1.82, 2.24) is 0 Å². The van der Waals surface area contributed by atoms with Crippen LogP contribution in [0.4, 0.5) is 0 Å². The van der Waals surface area contributed by atoms with Crippen LogP contribution >= 0.6 is 0 Å². The zero-order valence-electron chi connectivity index (χ0n) is 6.52. The maximum absolute atomic E-state index is 10.6. The van der Waals surface area contributed by atoms with Crippen LogP contribution in [0.25, 0.3) is 0 Å². The van der Waals surface area contributed by atoms with E-state index in [4.69, 9.17) is 10.2 Å². The Bertz CT molecular complexity index is 232. The largest absolute Gasteiger partial charge is 0.505 e.